The van der Waals surface area contributed by atoms with Crippen LogP contribution in [-0.2, 0) is 0 Å². The van der Waals surface area contributed by atoms with Gasteiger partial charge < -0.3 is 18.7 Å². The molecule has 4 aromatic rings. The van der Waals surface area contributed by atoms with E-state index in [0.29, 0.717) is 55.1 Å². The quantitative estimate of drug-likeness (QED) is 0.513. The van der Waals surface area contributed by atoms with E-state index in [1.807, 2.05) is 23.1 Å². The Hall–Kier alpha value is -3.95. The summed E-state index contributed by atoms with van der Waals surface area (Å²) in [5, 5.41) is 11.1. The average Bonchev–Trinajstić information content (AvgIpc) is 3.26. The van der Waals surface area contributed by atoms with E-state index in [-0.39, 0.29) is 5.91 Å². The molecule has 0 spiro atoms. The average molecular weight is 431 g/mol. The van der Waals surface area contributed by atoms with Crippen LogP contribution < -0.4 is 4.90 Å². The molecule has 32 heavy (non-hydrogen) atoms. The topological polar surface area (TPSA) is 117 Å². The first kappa shape index (κ1) is 18.8. The Bertz CT molecular complexity index is 1220. The van der Waals surface area contributed by atoms with E-state index in [1.54, 1.807) is 24.6 Å². The van der Waals surface area contributed by atoms with Gasteiger partial charge in [-0.1, -0.05) is 5.16 Å². The number of aromatic amines is 1. The number of H-pyrrole nitrogens is 1. The van der Waals surface area contributed by atoms with Crippen molar-refractivity contribution in [1.29, 1.82) is 0 Å². The molecule has 10 nitrogen and oxygen atoms in total. The van der Waals surface area contributed by atoms with Crippen molar-refractivity contribution in [3.8, 4) is 22.8 Å². The normalized spacial score (nSPS) is 16.5. The van der Waals surface area contributed by atoms with Gasteiger partial charge in [0, 0.05) is 49.9 Å². The minimum Gasteiger partial charge on any atom is -0.463 e. The van der Waals surface area contributed by atoms with Gasteiger partial charge in [-0.25, -0.2) is 4.98 Å². The minimum absolute atomic E-state index is 0.0920. The lowest BCUT2D eigenvalue weighted by Crippen LogP contribution is -2.49. The standard InChI is InChI=1S/C22H21N7O3/c30-22(17-12-16(25-26-17)18-2-1-11-31-18)29-9-7-28(8-10-29)19-6-5-15(13-23-19)20-24-21(32-27-20)14-3-4-14/h1-2,5-6,11-14H,3-4,7-10H2,(H,25,26). The lowest BCUT2D eigenvalue weighted by atomic mass is 10.2. The minimum atomic E-state index is -0.0920. The van der Waals surface area contributed by atoms with Gasteiger partial charge in [-0.3, -0.25) is 9.89 Å². The Balaban J connectivity index is 1.08. The summed E-state index contributed by atoms with van der Waals surface area (Å²) in [7, 11) is 0. The number of nitrogens with one attached hydrogen (secondary N) is 1. The van der Waals surface area contributed by atoms with Crippen molar-refractivity contribution >= 4 is 11.7 Å². The van der Waals surface area contributed by atoms with Crippen LogP contribution in [0.2, 0.25) is 0 Å². The highest BCUT2D eigenvalue weighted by atomic mass is 16.5. The van der Waals surface area contributed by atoms with Crippen LogP contribution in [0.5, 0.6) is 0 Å². The zero-order chi connectivity index (χ0) is 21.5. The highest BCUT2D eigenvalue weighted by molar-refractivity contribution is 5.93. The number of rotatable bonds is 5. The van der Waals surface area contributed by atoms with E-state index < -0.39 is 0 Å². The van der Waals surface area contributed by atoms with E-state index in [9.17, 15) is 4.79 Å². The van der Waals surface area contributed by atoms with Crippen molar-refractivity contribution in [2.24, 2.45) is 0 Å². The van der Waals surface area contributed by atoms with Crippen LogP contribution in [0.4, 0.5) is 5.82 Å². The summed E-state index contributed by atoms with van der Waals surface area (Å²) in [4.78, 5) is 25.9. The molecule has 2 aliphatic rings. The van der Waals surface area contributed by atoms with Crippen LogP contribution >= 0.6 is 0 Å². The fraction of sp³-hybridized carbons (Fsp3) is 0.318. The molecule has 1 aliphatic carbocycles. The molecular weight excluding hydrogens is 410 g/mol. The van der Waals surface area contributed by atoms with Gasteiger partial charge in [-0.05, 0) is 37.1 Å². The van der Waals surface area contributed by atoms with Gasteiger partial charge in [0.25, 0.3) is 5.91 Å². The van der Waals surface area contributed by atoms with E-state index in [4.69, 9.17) is 8.94 Å². The first-order chi connectivity index (χ1) is 15.7. The Labute approximate surface area is 183 Å². The van der Waals surface area contributed by atoms with Gasteiger partial charge in [0.15, 0.2) is 11.5 Å². The number of amides is 1. The van der Waals surface area contributed by atoms with Gasteiger partial charge in [-0.2, -0.15) is 10.1 Å². The summed E-state index contributed by atoms with van der Waals surface area (Å²) < 4.78 is 10.7. The monoisotopic (exact) mass is 431 g/mol. The number of anilines is 1. The molecule has 0 aromatic carbocycles. The molecule has 1 saturated heterocycles. The first-order valence-electron chi connectivity index (χ1n) is 10.7. The maximum Gasteiger partial charge on any atom is 0.274 e. The number of piperazine rings is 1. The lowest BCUT2D eigenvalue weighted by Gasteiger charge is -2.35. The zero-order valence-electron chi connectivity index (χ0n) is 17.3. The van der Waals surface area contributed by atoms with Gasteiger partial charge in [0.2, 0.25) is 11.7 Å². The van der Waals surface area contributed by atoms with Crippen molar-refractivity contribution in [2.75, 3.05) is 31.1 Å². The number of hydrogen-bond acceptors (Lipinski definition) is 8. The largest absolute Gasteiger partial charge is 0.463 e. The molecular formula is C22H21N7O3. The van der Waals surface area contributed by atoms with Crippen molar-refractivity contribution in [3.63, 3.8) is 0 Å². The third kappa shape index (κ3) is 3.53. The lowest BCUT2D eigenvalue weighted by molar-refractivity contribution is 0.0740. The molecule has 0 radical (unpaired) electrons. The third-order valence-electron chi connectivity index (χ3n) is 5.85. The van der Waals surface area contributed by atoms with Gasteiger partial charge in [0.05, 0.1) is 6.26 Å². The molecule has 5 heterocycles. The van der Waals surface area contributed by atoms with Crippen molar-refractivity contribution in [2.45, 2.75) is 18.8 Å². The Kier molecular flexibility index (Phi) is 4.48. The number of carbonyl (C=O) groups is 1. The number of aromatic nitrogens is 5. The maximum atomic E-state index is 12.8. The second kappa shape index (κ2) is 7.63. The summed E-state index contributed by atoms with van der Waals surface area (Å²) >= 11 is 0. The van der Waals surface area contributed by atoms with Crippen molar-refractivity contribution in [1.82, 2.24) is 30.2 Å². The van der Waals surface area contributed by atoms with Crippen LogP contribution in [0.15, 0.2) is 51.7 Å². The SMILES string of the molecule is O=C(c1cc(-c2ccco2)[nH]n1)N1CCN(c2ccc(-c3noc(C4CC4)n3)cn2)CC1. The molecule has 10 heteroatoms. The van der Waals surface area contributed by atoms with Gasteiger partial charge in [0.1, 0.15) is 11.5 Å². The first-order valence-corrected chi connectivity index (χ1v) is 10.7. The number of nitrogens with zero attached hydrogens (tertiary/aromatic N) is 6. The highest BCUT2D eigenvalue weighted by Crippen LogP contribution is 2.39. The number of hydrogen-bond donors (Lipinski definition) is 1. The third-order valence-corrected chi connectivity index (χ3v) is 5.85. The van der Waals surface area contributed by atoms with Crippen LogP contribution in [-0.4, -0.2) is 62.3 Å². The fourth-order valence-corrected chi connectivity index (χ4v) is 3.84. The number of carbonyl (C=O) groups excluding carboxylic acids is 1. The van der Waals surface area contributed by atoms with Crippen LogP contribution in [0.1, 0.15) is 35.1 Å². The fourth-order valence-electron chi connectivity index (χ4n) is 3.84. The second-order valence-electron chi connectivity index (χ2n) is 8.06. The smallest absolute Gasteiger partial charge is 0.274 e. The molecule has 162 valence electrons. The molecule has 0 bridgehead atoms. The molecule has 0 unspecified atom stereocenters. The highest BCUT2D eigenvalue weighted by Gasteiger charge is 2.30. The van der Waals surface area contributed by atoms with E-state index in [0.717, 1.165) is 30.1 Å². The van der Waals surface area contributed by atoms with Gasteiger partial charge >= 0.3 is 0 Å². The summed E-state index contributed by atoms with van der Waals surface area (Å²) in [6, 6.07) is 9.26. The van der Waals surface area contributed by atoms with Crippen molar-refractivity contribution in [3.05, 3.63) is 54.4 Å². The molecule has 2 fully saturated rings. The number of furan rings is 1. The van der Waals surface area contributed by atoms with Crippen molar-refractivity contribution < 1.29 is 13.7 Å². The van der Waals surface area contributed by atoms with Gasteiger partial charge in [-0.15, -0.1) is 0 Å². The van der Waals surface area contributed by atoms with E-state index in [2.05, 4.69) is 30.2 Å². The maximum absolute atomic E-state index is 12.8. The summed E-state index contributed by atoms with van der Waals surface area (Å²) in [5.41, 5.74) is 1.91. The van der Waals surface area contributed by atoms with E-state index in [1.165, 1.54) is 0 Å². The molecule has 1 aliphatic heterocycles. The Morgan fingerprint density at radius 1 is 1.12 bits per heavy atom. The molecule has 0 atom stereocenters. The second-order valence-corrected chi connectivity index (χ2v) is 8.06. The Morgan fingerprint density at radius 3 is 2.72 bits per heavy atom. The van der Waals surface area contributed by atoms with E-state index >= 15 is 0 Å². The molecule has 1 saturated carbocycles. The molecule has 6 rings (SSSR count). The summed E-state index contributed by atoms with van der Waals surface area (Å²) in [6.45, 7) is 2.59. The molecule has 1 amide bonds. The zero-order valence-corrected chi connectivity index (χ0v) is 17.3. The number of pyridine rings is 1. The predicted octanol–water partition coefficient (Wildman–Crippen LogP) is 2.95. The van der Waals surface area contributed by atoms with Crippen LogP contribution in [0, 0.1) is 0 Å². The summed E-state index contributed by atoms with van der Waals surface area (Å²) in [5.74, 6) is 3.16. The molecule has 4 aromatic heterocycles. The Morgan fingerprint density at radius 2 is 2.00 bits per heavy atom. The predicted molar refractivity (Wildman–Crippen MR) is 114 cm³/mol. The molecule has 1 N–H and O–H groups in total. The van der Waals surface area contributed by atoms with Crippen LogP contribution in [0.25, 0.3) is 22.8 Å². The van der Waals surface area contributed by atoms with Crippen LogP contribution in [0.3, 0.4) is 0 Å². The summed E-state index contributed by atoms with van der Waals surface area (Å²) in [6.07, 6.45) is 5.61.